The standard InChI is InChI=1S/C27H32FN5O4/c1-16(24(34)30-14-21-23(28)19-13-29-11-10-20(19)32-21)31-25(35)22-12-18(17-8-6-5-7-9-17)15-33(22)26(36)37-27(2,3)4/h5-11,13,16,18,22,32H,12,14-15H2,1-4H3,(H,30,34)(H,31,35)/t16-,18-,22+/m0/s1. The van der Waals surface area contributed by atoms with Crippen molar-refractivity contribution >= 4 is 28.8 Å². The van der Waals surface area contributed by atoms with Crippen molar-refractivity contribution in [2.45, 2.75) is 64.3 Å². The van der Waals surface area contributed by atoms with E-state index in [0.717, 1.165) is 5.56 Å². The molecule has 0 spiro atoms. The summed E-state index contributed by atoms with van der Waals surface area (Å²) in [6, 6.07) is 9.62. The summed E-state index contributed by atoms with van der Waals surface area (Å²) < 4.78 is 20.1. The predicted molar refractivity (Wildman–Crippen MR) is 136 cm³/mol. The number of halogens is 1. The van der Waals surface area contributed by atoms with Gasteiger partial charge >= 0.3 is 6.09 Å². The molecule has 1 saturated heterocycles. The molecule has 2 aromatic heterocycles. The monoisotopic (exact) mass is 509 g/mol. The van der Waals surface area contributed by atoms with Crippen molar-refractivity contribution in [2.75, 3.05) is 6.54 Å². The van der Waals surface area contributed by atoms with Gasteiger partial charge < -0.3 is 20.4 Å². The van der Waals surface area contributed by atoms with Gasteiger partial charge in [-0.05, 0) is 45.7 Å². The Kier molecular flexibility index (Phi) is 7.47. The number of nitrogens with zero attached hydrogens (tertiary/aromatic N) is 2. The van der Waals surface area contributed by atoms with Crippen molar-refractivity contribution in [3.63, 3.8) is 0 Å². The highest BCUT2D eigenvalue weighted by molar-refractivity contribution is 5.91. The van der Waals surface area contributed by atoms with Crippen LogP contribution in [0.4, 0.5) is 9.18 Å². The molecule has 1 aliphatic heterocycles. The third-order valence-corrected chi connectivity index (χ3v) is 6.30. The Morgan fingerprint density at radius 2 is 1.95 bits per heavy atom. The van der Waals surface area contributed by atoms with Crippen LogP contribution >= 0.6 is 0 Å². The number of carbonyl (C=O) groups excluding carboxylic acids is 3. The maximum atomic E-state index is 14.6. The van der Waals surface area contributed by atoms with E-state index in [-0.39, 0.29) is 18.2 Å². The van der Waals surface area contributed by atoms with E-state index in [1.807, 2.05) is 30.3 Å². The molecule has 1 aromatic carbocycles. The first-order chi connectivity index (χ1) is 17.5. The van der Waals surface area contributed by atoms with Gasteiger partial charge in [-0.15, -0.1) is 0 Å². The Hall–Kier alpha value is -3.95. The third kappa shape index (κ3) is 6.07. The number of hydrogen-bond acceptors (Lipinski definition) is 5. The molecule has 4 rings (SSSR count). The molecule has 10 heteroatoms. The van der Waals surface area contributed by atoms with Crippen LogP contribution in [0.25, 0.3) is 10.9 Å². The molecule has 0 unspecified atom stereocenters. The molecule has 1 fully saturated rings. The lowest BCUT2D eigenvalue weighted by Gasteiger charge is -2.28. The Bertz CT molecular complexity index is 1290. The summed E-state index contributed by atoms with van der Waals surface area (Å²) >= 11 is 0. The zero-order valence-corrected chi connectivity index (χ0v) is 21.4. The van der Waals surface area contributed by atoms with Gasteiger partial charge in [0.05, 0.1) is 23.1 Å². The van der Waals surface area contributed by atoms with Gasteiger partial charge in [0, 0.05) is 24.9 Å². The van der Waals surface area contributed by atoms with Gasteiger partial charge in [-0.25, -0.2) is 9.18 Å². The lowest BCUT2D eigenvalue weighted by molar-refractivity contribution is -0.131. The summed E-state index contributed by atoms with van der Waals surface area (Å²) in [6.07, 6.45) is 2.78. The molecular formula is C27H32FN5O4. The molecule has 3 N–H and O–H groups in total. The first-order valence-electron chi connectivity index (χ1n) is 12.3. The topological polar surface area (TPSA) is 116 Å². The molecule has 0 radical (unpaired) electrons. The summed E-state index contributed by atoms with van der Waals surface area (Å²) in [5, 5.41) is 5.69. The van der Waals surface area contributed by atoms with Crippen LogP contribution in [0.5, 0.6) is 0 Å². The van der Waals surface area contributed by atoms with Gasteiger partial charge in [0.2, 0.25) is 11.8 Å². The zero-order valence-electron chi connectivity index (χ0n) is 21.4. The Morgan fingerprint density at radius 3 is 2.62 bits per heavy atom. The van der Waals surface area contributed by atoms with Crippen molar-refractivity contribution in [3.8, 4) is 0 Å². The lowest BCUT2D eigenvalue weighted by Crippen LogP contribution is -2.52. The Labute approximate surface area is 214 Å². The van der Waals surface area contributed by atoms with E-state index < -0.39 is 41.4 Å². The van der Waals surface area contributed by atoms with Gasteiger partial charge in [0.1, 0.15) is 17.7 Å². The maximum Gasteiger partial charge on any atom is 0.410 e. The van der Waals surface area contributed by atoms with Crippen LogP contribution in [0.2, 0.25) is 0 Å². The Balaban J connectivity index is 1.41. The first kappa shape index (κ1) is 26.1. The molecule has 1 aliphatic rings. The van der Waals surface area contributed by atoms with E-state index in [2.05, 4.69) is 20.6 Å². The molecule has 3 aromatic rings. The minimum atomic E-state index is -0.905. The highest BCUT2D eigenvalue weighted by Crippen LogP contribution is 2.33. The molecular weight excluding hydrogens is 477 g/mol. The number of H-pyrrole nitrogens is 1. The number of rotatable bonds is 6. The van der Waals surface area contributed by atoms with Gasteiger partial charge in [-0.3, -0.25) is 19.5 Å². The zero-order chi connectivity index (χ0) is 26.7. The lowest BCUT2D eigenvalue weighted by atomic mass is 9.96. The summed E-state index contributed by atoms with van der Waals surface area (Å²) in [7, 11) is 0. The molecule has 3 heterocycles. The van der Waals surface area contributed by atoms with Crippen LogP contribution in [0, 0.1) is 5.82 Å². The van der Waals surface area contributed by atoms with Crippen molar-refractivity contribution in [2.24, 2.45) is 0 Å². The number of amides is 3. The number of carbonyl (C=O) groups is 3. The van der Waals surface area contributed by atoms with E-state index in [4.69, 9.17) is 4.74 Å². The second-order valence-corrected chi connectivity index (χ2v) is 10.3. The number of hydrogen-bond donors (Lipinski definition) is 3. The fourth-order valence-corrected chi connectivity index (χ4v) is 4.46. The number of benzene rings is 1. The average molecular weight is 510 g/mol. The van der Waals surface area contributed by atoms with E-state index in [9.17, 15) is 18.8 Å². The first-order valence-corrected chi connectivity index (χ1v) is 12.3. The van der Waals surface area contributed by atoms with Gasteiger partial charge in [0.15, 0.2) is 5.82 Å². The van der Waals surface area contributed by atoms with Crippen LogP contribution in [0.1, 0.15) is 51.3 Å². The van der Waals surface area contributed by atoms with Crippen molar-refractivity contribution in [1.82, 2.24) is 25.5 Å². The second kappa shape index (κ2) is 10.6. The fourth-order valence-electron chi connectivity index (χ4n) is 4.46. The summed E-state index contributed by atoms with van der Waals surface area (Å²) in [5.41, 5.74) is 1.10. The third-order valence-electron chi connectivity index (χ3n) is 6.30. The maximum absolute atomic E-state index is 14.6. The van der Waals surface area contributed by atoms with Crippen molar-refractivity contribution in [3.05, 3.63) is 65.9 Å². The molecule has 37 heavy (non-hydrogen) atoms. The predicted octanol–water partition coefficient (Wildman–Crippen LogP) is 3.62. The summed E-state index contributed by atoms with van der Waals surface area (Å²) in [6.45, 7) is 7.09. The summed E-state index contributed by atoms with van der Waals surface area (Å²) in [5.74, 6) is -1.46. The number of ether oxygens (including phenoxy) is 1. The van der Waals surface area contributed by atoms with Crippen molar-refractivity contribution in [1.29, 1.82) is 0 Å². The fraction of sp³-hybridized carbons (Fsp3) is 0.407. The molecule has 3 atom stereocenters. The number of nitrogens with one attached hydrogen (secondary N) is 3. The van der Waals surface area contributed by atoms with E-state index in [1.54, 1.807) is 40.0 Å². The SMILES string of the molecule is C[C@H](NC(=O)[C@H]1C[C@H](c2ccccc2)CN1C(=O)OC(C)(C)C)C(=O)NCc1[nH]c2ccncc2c1F. The van der Waals surface area contributed by atoms with Crippen LogP contribution in [0.3, 0.4) is 0 Å². The number of fused-ring (bicyclic) bond motifs is 1. The molecule has 9 nitrogen and oxygen atoms in total. The van der Waals surface area contributed by atoms with Gasteiger partial charge in [-0.2, -0.15) is 0 Å². The normalized spacial score (nSPS) is 18.5. The largest absolute Gasteiger partial charge is 0.444 e. The van der Waals surface area contributed by atoms with E-state index in [1.165, 1.54) is 11.1 Å². The van der Waals surface area contributed by atoms with E-state index in [0.29, 0.717) is 23.9 Å². The number of aromatic amines is 1. The molecule has 0 saturated carbocycles. The quantitative estimate of drug-likeness (QED) is 0.469. The molecule has 3 amide bonds. The van der Waals surface area contributed by atoms with Crippen LogP contribution in [-0.4, -0.2) is 57.0 Å². The minimum Gasteiger partial charge on any atom is -0.444 e. The molecule has 0 aliphatic carbocycles. The second-order valence-electron chi connectivity index (χ2n) is 10.3. The number of pyridine rings is 1. The van der Waals surface area contributed by atoms with Gasteiger partial charge in [-0.1, -0.05) is 30.3 Å². The van der Waals surface area contributed by atoms with Crippen LogP contribution in [0.15, 0.2) is 48.8 Å². The van der Waals surface area contributed by atoms with Crippen LogP contribution in [-0.2, 0) is 20.9 Å². The van der Waals surface area contributed by atoms with Crippen LogP contribution < -0.4 is 10.6 Å². The summed E-state index contributed by atoms with van der Waals surface area (Å²) in [4.78, 5) is 47.2. The number of likely N-dealkylation sites (tertiary alicyclic amines) is 1. The van der Waals surface area contributed by atoms with Crippen molar-refractivity contribution < 1.29 is 23.5 Å². The highest BCUT2D eigenvalue weighted by Gasteiger charge is 2.42. The van der Waals surface area contributed by atoms with E-state index >= 15 is 0 Å². The highest BCUT2D eigenvalue weighted by atomic mass is 19.1. The minimum absolute atomic E-state index is 0.0481. The smallest absolute Gasteiger partial charge is 0.410 e. The van der Waals surface area contributed by atoms with Gasteiger partial charge in [0.25, 0.3) is 0 Å². The molecule has 196 valence electrons. The average Bonchev–Trinajstić information content (AvgIpc) is 3.44. The Morgan fingerprint density at radius 1 is 1.22 bits per heavy atom. The number of aromatic nitrogens is 2. The molecule has 0 bridgehead atoms.